The Kier molecular flexibility index (Phi) is 9.83. The van der Waals surface area contributed by atoms with Gasteiger partial charge in [-0.25, -0.2) is 4.79 Å². The van der Waals surface area contributed by atoms with Crippen LogP contribution in [-0.2, 0) is 25.6 Å². The van der Waals surface area contributed by atoms with Crippen molar-refractivity contribution < 1.29 is 24.3 Å². The summed E-state index contributed by atoms with van der Waals surface area (Å²) in [6, 6.07) is 4.41. The van der Waals surface area contributed by atoms with E-state index in [2.05, 4.69) is 15.6 Å². The van der Waals surface area contributed by atoms with Crippen molar-refractivity contribution in [3.63, 3.8) is 0 Å². The maximum atomic E-state index is 12.8. The topological polar surface area (TPSA) is 206 Å². The normalized spacial score (nSPS) is 13.8. The maximum Gasteiger partial charge on any atom is 0.326 e. The maximum absolute atomic E-state index is 12.8. The van der Waals surface area contributed by atoms with Crippen LogP contribution in [0.3, 0.4) is 0 Å². The van der Waals surface area contributed by atoms with E-state index in [9.17, 15) is 24.3 Å². The predicted octanol–water partition coefficient (Wildman–Crippen LogP) is -0.514. The van der Waals surface area contributed by atoms with Crippen molar-refractivity contribution in [2.45, 2.75) is 56.7 Å². The summed E-state index contributed by atoms with van der Waals surface area (Å²) < 4.78 is 0. The third kappa shape index (κ3) is 7.88. The van der Waals surface area contributed by atoms with Crippen LogP contribution in [0.15, 0.2) is 30.5 Å². The number of aliphatic carboxylic acids is 1. The smallest absolute Gasteiger partial charge is 0.326 e. The first kappa shape index (κ1) is 25.8. The molecule has 1 aromatic heterocycles. The van der Waals surface area contributed by atoms with E-state index >= 15 is 0 Å². The van der Waals surface area contributed by atoms with Crippen molar-refractivity contribution in [3.8, 4) is 0 Å². The van der Waals surface area contributed by atoms with Gasteiger partial charge in [0.2, 0.25) is 17.7 Å². The van der Waals surface area contributed by atoms with Gasteiger partial charge < -0.3 is 37.9 Å². The summed E-state index contributed by atoms with van der Waals surface area (Å²) in [6.07, 6.45) is 3.13. The number of H-pyrrole nitrogens is 1. The van der Waals surface area contributed by atoms with Gasteiger partial charge in [-0.05, 0) is 50.3 Å². The number of hydrogen-bond donors (Lipinski definition) is 7. The molecule has 3 unspecified atom stereocenters. The van der Waals surface area contributed by atoms with Crippen molar-refractivity contribution in [1.82, 2.24) is 15.6 Å². The number of fused-ring (bicyclic) bond motifs is 1. The average molecular weight is 461 g/mol. The Morgan fingerprint density at radius 3 is 2.36 bits per heavy atom. The summed E-state index contributed by atoms with van der Waals surface area (Å²) in [5.74, 6) is -3.17. The molecule has 0 saturated carbocycles. The average Bonchev–Trinajstić information content (AvgIpc) is 3.18. The van der Waals surface area contributed by atoms with E-state index in [1.54, 1.807) is 6.20 Å². The lowest BCUT2D eigenvalue weighted by Gasteiger charge is -2.23. The largest absolute Gasteiger partial charge is 0.480 e. The number of carbonyl (C=O) groups excluding carboxylic acids is 3. The molecule has 0 aliphatic rings. The van der Waals surface area contributed by atoms with Gasteiger partial charge in [-0.1, -0.05) is 18.2 Å². The van der Waals surface area contributed by atoms with Gasteiger partial charge >= 0.3 is 5.97 Å². The highest BCUT2D eigenvalue weighted by Gasteiger charge is 2.28. The highest BCUT2D eigenvalue weighted by Crippen LogP contribution is 2.18. The van der Waals surface area contributed by atoms with Gasteiger partial charge in [0.15, 0.2) is 0 Å². The molecule has 10 N–H and O–H groups in total. The summed E-state index contributed by atoms with van der Waals surface area (Å²) >= 11 is 0. The van der Waals surface area contributed by atoms with Gasteiger partial charge in [0, 0.05) is 23.5 Å². The molecule has 2 aromatic rings. The van der Waals surface area contributed by atoms with Crippen molar-refractivity contribution in [2.24, 2.45) is 17.2 Å². The Hall–Kier alpha value is -3.44. The SMILES string of the molecule is NCCCCC(NC(=O)C(N)Cc1c[nH]c2ccccc12)C(=O)NC(CCC(N)=O)C(=O)O. The van der Waals surface area contributed by atoms with E-state index in [0.29, 0.717) is 19.4 Å². The number of carboxylic acids is 1. The Morgan fingerprint density at radius 1 is 1.00 bits per heavy atom. The standard InChI is InChI=1S/C22H32N6O5/c23-10-4-3-7-17(21(31)28-18(22(32)33)8-9-19(25)29)27-20(30)15(24)11-13-12-26-16-6-2-1-5-14(13)16/h1-2,5-6,12,15,17-18,26H,3-4,7-11,23-24H2,(H2,25,29)(H,27,30)(H,28,31)(H,32,33). The molecule has 3 atom stereocenters. The number of amides is 3. The molecule has 0 aliphatic carbocycles. The van der Waals surface area contributed by atoms with Crippen molar-refractivity contribution in [2.75, 3.05) is 6.54 Å². The molecule has 0 aliphatic heterocycles. The number of hydrogen-bond acceptors (Lipinski definition) is 6. The van der Waals surface area contributed by atoms with Gasteiger partial charge in [0.05, 0.1) is 6.04 Å². The van der Waals surface area contributed by atoms with Crippen LogP contribution in [-0.4, -0.2) is 58.5 Å². The molecule has 2 rings (SSSR count). The van der Waals surface area contributed by atoms with Gasteiger partial charge in [-0.2, -0.15) is 0 Å². The van der Waals surface area contributed by atoms with Gasteiger partial charge in [-0.15, -0.1) is 0 Å². The fraction of sp³-hybridized carbons (Fsp3) is 0.455. The van der Waals surface area contributed by atoms with Crippen LogP contribution in [0.25, 0.3) is 10.9 Å². The number of aromatic nitrogens is 1. The third-order valence-electron chi connectivity index (χ3n) is 5.33. The first-order chi connectivity index (χ1) is 15.7. The first-order valence-electron chi connectivity index (χ1n) is 10.9. The van der Waals surface area contributed by atoms with Crippen LogP contribution in [0.5, 0.6) is 0 Å². The zero-order valence-corrected chi connectivity index (χ0v) is 18.4. The number of para-hydroxylation sites is 1. The molecule has 0 radical (unpaired) electrons. The first-order valence-corrected chi connectivity index (χ1v) is 10.9. The number of carbonyl (C=O) groups is 4. The number of benzene rings is 1. The van der Waals surface area contributed by atoms with E-state index < -0.39 is 41.8 Å². The monoisotopic (exact) mass is 460 g/mol. The van der Waals surface area contributed by atoms with Crippen LogP contribution in [0.4, 0.5) is 0 Å². The van der Waals surface area contributed by atoms with Crippen LogP contribution < -0.4 is 27.8 Å². The zero-order chi connectivity index (χ0) is 24.4. The molecule has 1 heterocycles. The lowest BCUT2D eigenvalue weighted by atomic mass is 10.0. The Bertz CT molecular complexity index is 975. The number of nitrogens with one attached hydrogen (secondary N) is 3. The Morgan fingerprint density at radius 2 is 1.70 bits per heavy atom. The summed E-state index contributed by atoms with van der Waals surface area (Å²) in [5.41, 5.74) is 18.5. The van der Waals surface area contributed by atoms with Gasteiger partial charge in [0.1, 0.15) is 12.1 Å². The van der Waals surface area contributed by atoms with Crippen LogP contribution in [0.2, 0.25) is 0 Å². The molecule has 0 fully saturated rings. The summed E-state index contributed by atoms with van der Waals surface area (Å²) in [6.45, 7) is 0.415. The molecule has 0 saturated heterocycles. The molecule has 1 aromatic carbocycles. The molecular weight excluding hydrogens is 428 g/mol. The molecule has 33 heavy (non-hydrogen) atoms. The van der Waals surface area contributed by atoms with E-state index in [-0.39, 0.29) is 25.7 Å². The summed E-state index contributed by atoms with van der Waals surface area (Å²) in [5, 5.41) is 15.3. The van der Waals surface area contributed by atoms with E-state index in [1.165, 1.54) is 0 Å². The van der Waals surface area contributed by atoms with Crippen LogP contribution in [0.1, 0.15) is 37.7 Å². The fourth-order valence-electron chi connectivity index (χ4n) is 3.49. The minimum atomic E-state index is -1.31. The van der Waals surface area contributed by atoms with E-state index in [0.717, 1.165) is 16.5 Å². The predicted molar refractivity (Wildman–Crippen MR) is 123 cm³/mol. The molecule has 11 heteroatoms. The number of aromatic amines is 1. The fourth-order valence-corrected chi connectivity index (χ4v) is 3.49. The number of primary amides is 1. The van der Waals surface area contributed by atoms with Gasteiger partial charge in [-0.3, -0.25) is 14.4 Å². The second kappa shape index (κ2) is 12.6. The Labute approximate surface area is 191 Å². The van der Waals surface area contributed by atoms with Crippen molar-refractivity contribution in [3.05, 3.63) is 36.0 Å². The number of carboxylic acid groups (broad SMARTS) is 1. The van der Waals surface area contributed by atoms with Crippen molar-refractivity contribution >= 4 is 34.6 Å². The molecule has 0 spiro atoms. The number of rotatable bonds is 14. The molecule has 0 bridgehead atoms. The highest BCUT2D eigenvalue weighted by molar-refractivity contribution is 5.92. The molecular formula is C22H32N6O5. The molecule has 11 nitrogen and oxygen atoms in total. The molecule has 180 valence electrons. The van der Waals surface area contributed by atoms with Gasteiger partial charge in [0.25, 0.3) is 0 Å². The van der Waals surface area contributed by atoms with Crippen LogP contribution in [0, 0.1) is 0 Å². The highest BCUT2D eigenvalue weighted by atomic mass is 16.4. The molecule has 3 amide bonds. The third-order valence-corrected chi connectivity index (χ3v) is 5.33. The minimum Gasteiger partial charge on any atom is -0.480 e. The zero-order valence-electron chi connectivity index (χ0n) is 18.4. The quantitative estimate of drug-likeness (QED) is 0.183. The lowest BCUT2D eigenvalue weighted by molar-refractivity contribution is -0.142. The second-order valence-corrected chi connectivity index (χ2v) is 7.92. The summed E-state index contributed by atoms with van der Waals surface area (Å²) in [7, 11) is 0. The van der Waals surface area contributed by atoms with E-state index in [4.69, 9.17) is 17.2 Å². The van der Waals surface area contributed by atoms with Crippen LogP contribution >= 0.6 is 0 Å². The summed E-state index contributed by atoms with van der Waals surface area (Å²) in [4.78, 5) is 51.1. The number of nitrogens with two attached hydrogens (primary N) is 3. The van der Waals surface area contributed by atoms with E-state index in [1.807, 2.05) is 24.3 Å². The number of unbranched alkanes of at least 4 members (excludes halogenated alkanes) is 1. The lowest BCUT2D eigenvalue weighted by Crippen LogP contribution is -2.54. The minimum absolute atomic E-state index is 0.153. The Balaban J connectivity index is 2.05. The van der Waals surface area contributed by atoms with Crippen molar-refractivity contribution in [1.29, 1.82) is 0 Å². The second-order valence-electron chi connectivity index (χ2n) is 7.92.